The second kappa shape index (κ2) is 9.26. The number of cyclic esters (lactones) is 1. The zero-order valence-corrected chi connectivity index (χ0v) is 18.7. The van der Waals surface area contributed by atoms with Crippen LogP contribution in [0.25, 0.3) is 0 Å². The largest absolute Gasteiger partial charge is 0.447 e. The number of ether oxygens (including phenoxy) is 1. The number of rotatable bonds is 5. The van der Waals surface area contributed by atoms with Crippen molar-refractivity contribution in [2.75, 3.05) is 31.1 Å². The van der Waals surface area contributed by atoms with Gasteiger partial charge in [0.2, 0.25) is 10.0 Å². The van der Waals surface area contributed by atoms with Crippen molar-refractivity contribution in [3.05, 3.63) is 59.7 Å². The van der Waals surface area contributed by atoms with Gasteiger partial charge in [-0.1, -0.05) is 18.2 Å². The normalized spacial score (nSPS) is 17.7. The van der Waals surface area contributed by atoms with Gasteiger partial charge >= 0.3 is 12.3 Å². The first-order valence-electron chi connectivity index (χ1n) is 10.6. The molecule has 8 nitrogen and oxygen atoms in total. The van der Waals surface area contributed by atoms with Crippen LogP contribution in [0.2, 0.25) is 0 Å². The number of nitrogens with one attached hydrogen (secondary N) is 1. The highest BCUT2D eigenvalue weighted by Crippen LogP contribution is 2.31. The molecule has 1 N–H and O–H groups in total. The van der Waals surface area contributed by atoms with Gasteiger partial charge in [0.05, 0.1) is 28.3 Å². The number of anilines is 1. The Kier molecular flexibility index (Phi) is 6.54. The summed E-state index contributed by atoms with van der Waals surface area (Å²) in [6.07, 6.45) is -4.60. The molecule has 2 aliphatic heterocycles. The highest BCUT2D eigenvalue weighted by atomic mass is 32.2. The Labute approximate surface area is 194 Å². The predicted molar refractivity (Wildman–Crippen MR) is 116 cm³/mol. The minimum atomic E-state index is -4.65. The number of halogens is 3. The number of benzene rings is 2. The number of sulfonamides is 1. The predicted octanol–water partition coefficient (Wildman–Crippen LogP) is 3.25. The fraction of sp³-hybridized carbons (Fsp3) is 0.364. The van der Waals surface area contributed by atoms with Crippen LogP contribution in [0.15, 0.2) is 53.4 Å². The Morgan fingerprint density at radius 1 is 1.03 bits per heavy atom. The van der Waals surface area contributed by atoms with E-state index in [-0.39, 0.29) is 38.4 Å². The third kappa shape index (κ3) is 5.02. The van der Waals surface area contributed by atoms with Crippen molar-refractivity contribution < 1.29 is 35.9 Å². The molecule has 2 amide bonds. The maximum atomic E-state index is 13.1. The molecule has 12 heteroatoms. The van der Waals surface area contributed by atoms with E-state index in [4.69, 9.17) is 4.74 Å². The fourth-order valence-electron chi connectivity index (χ4n) is 4.00. The standard InChI is InChI=1S/C22H22F3N3O5S/c23-22(24,25)15-4-3-5-17(14-15)34(31,32)26-16-8-10-27(11-9-16)20(29)18-6-1-2-7-19(18)28-12-13-33-21(28)30/h1-7,14,16,26H,8-13H2. The number of piperidine rings is 1. The van der Waals surface area contributed by atoms with Crippen molar-refractivity contribution >= 4 is 27.7 Å². The Balaban J connectivity index is 1.42. The number of amides is 2. The molecule has 2 fully saturated rings. The molecule has 34 heavy (non-hydrogen) atoms. The minimum absolute atomic E-state index is 0.235. The number of para-hydroxylation sites is 1. The topological polar surface area (TPSA) is 96.0 Å². The number of likely N-dealkylation sites (tertiary alicyclic amines) is 1. The summed E-state index contributed by atoms with van der Waals surface area (Å²) < 4.78 is 71.5. The number of hydrogen-bond acceptors (Lipinski definition) is 5. The molecule has 0 atom stereocenters. The molecule has 0 aliphatic carbocycles. The maximum absolute atomic E-state index is 13.1. The van der Waals surface area contributed by atoms with Crippen molar-refractivity contribution in [1.29, 1.82) is 0 Å². The van der Waals surface area contributed by atoms with Crippen LogP contribution < -0.4 is 9.62 Å². The van der Waals surface area contributed by atoms with E-state index in [1.54, 1.807) is 29.2 Å². The molecule has 2 aromatic carbocycles. The second-order valence-corrected chi connectivity index (χ2v) is 9.71. The molecular weight excluding hydrogens is 475 g/mol. The van der Waals surface area contributed by atoms with Crippen LogP contribution in [0.3, 0.4) is 0 Å². The smallest absolute Gasteiger partial charge is 0.416 e. The Hall–Kier alpha value is -3.12. The molecule has 4 rings (SSSR count). The third-order valence-electron chi connectivity index (χ3n) is 5.76. The van der Waals surface area contributed by atoms with Crippen LogP contribution in [-0.4, -0.2) is 57.6 Å². The van der Waals surface area contributed by atoms with Gasteiger partial charge in [0, 0.05) is 19.1 Å². The molecule has 0 saturated carbocycles. The van der Waals surface area contributed by atoms with E-state index >= 15 is 0 Å². The van der Waals surface area contributed by atoms with Gasteiger partial charge in [-0.05, 0) is 43.2 Å². The van der Waals surface area contributed by atoms with Gasteiger partial charge in [0.1, 0.15) is 6.61 Å². The lowest BCUT2D eigenvalue weighted by atomic mass is 10.0. The fourth-order valence-corrected chi connectivity index (χ4v) is 5.35. The molecule has 2 heterocycles. The number of alkyl halides is 3. The van der Waals surface area contributed by atoms with E-state index in [2.05, 4.69) is 4.72 Å². The summed E-state index contributed by atoms with van der Waals surface area (Å²) in [6.45, 7) is 1.06. The monoisotopic (exact) mass is 497 g/mol. The summed E-state index contributed by atoms with van der Waals surface area (Å²) in [6, 6.07) is 9.71. The van der Waals surface area contributed by atoms with Crippen LogP contribution in [0.1, 0.15) is 28.8 Å². The lowest BCUT2D eigenvalue weighted by molar-refractivity contribution is -0.137. The number of carbonyl (C=O) groups is 2. The van der Waals surface area contributed by atoms with E-state index in [0.29, 0.717) is 23.9 Å². The second-order valence-electron chi connectivity index (χ2n) is 8.00. The molecule has 0 radical (unpaired) electrons. The summed E-state index contributed by atoms with van der Waals surface area (Å²) in [5, 5.41) is 0. The molecule has 0 unspecified atom stereocenters. The van der Waals surface area contributed by atoms with Crippen LogP contribution in [-0.2, 0) is 20.9 Å². The van der Waals surface area contributed by atoms with Gasteiger partial charge in [0.15, 0.2) is 0 Å². The zero-order chi connectivity index (χ0) is 24.5. The highest BCUT2D eigenvalue weighted by Gasteiger charge is 2.33. The average Bonchev–Trinajstić information content (AvgIpc) is 3.24. The summed E-state index contributed by atoms with van der Waals surface area (Å²) in [5.41, 5.74) is -0.261. The number of hydrogen-bond donors (Lipinski definition) is 1. The third-order valence-corrected chi connectivity index (χ3v) is 7.28. The molecule has 2 aliphatic rings. The minimum Gasteiger partial charge on any atom is -0.447 e. The van der Waals surface area contributed by atoms with E-state index in [1.165, 1.54) is 4.90 Å². The first kappa shape index (κ1) is 24.0. The molecule has 0 aromatic heterocycles. The van der Waals surface area contributed by atoms with Crippen molar-refractivity contribution in [3.63, 3.8) is 0 Å². The highest BCUT2D eigenvalue weighted by molar-refractivity contribution is 7.89. The molecule has 2 saturated heterocycles. The summed E-state index contributed by atoms with van der Waals surface area (Å²) >= 11 is 0. The van der Waals surface area contributed by atoms with E-state index in [0.717, 1.165) is 18.2 Å². The Bertz CT molecular complexity index is 1190. The lowest BCUT2D eigenvalue weighted by Gasteiger charge is -2.33. The van der Waals surface area contributed by atoms with Crippen LogP contribution in [0.4, 0.5) is 23.7 Å². The maximum Gasteiger partial charge on any atom is 0.416 e. The SMILES string of the molecule is O=C(c1ccccc1N1CCOC1=O)N1CCC(NS(=O)(=O)c2cccc(C(F)(F)F)c2)CC1. The Morgan fingerprint density at radius 3 is 2.38 bits per heavy atom. The lowest BCUT2D eigenvalue weighted by Crippen LogP contribution is -2.46. The van der Waals surface area contributed by atoms with Gasteiger partial charge in [-0.15, -0.1) is 0 Å². The van der Waals surface area contributed by atoms with Crippen LogP contribution in [0, 0.1) is 0 Å². The molecule has 182 valence electrons. The molecular formula is C22H22F3N3O5S. The average molecular weight is 497 g/mol. The first-order valence-corrected chi connectivity index (χ1v) is 12.1. The molecule has 0 spiro atoms. The molecule has 0 bridgehead atoms. The van der Waals surface area contributed by atoms with Gasteiger partial charge in [-0.2, -0.15) is 13.2 Å². The quantitative estimate of drug-likeness (QED) is 0.684. The summed E-state index contributed by atoms with van der Waals surface area (Å²) in [5.74, 6) is -0.297. The van der Waals surface area contributed by atoms with Crippen LogP contribution >= 0.6 is 0 Å². The number of carbonyl (C=O) groups excluding carboxylic acids is 2. The summed E-state index contributed by atoms with van der Waals surface area (Å²) in [4.78, 5) is 27.6. The van der Waals surface area contributed by atoms with Crippen molar-refractivity contribution in [1.82, 2.24) is 9.62 Å². The number of nitrogens with zero attached hydrogens (tertiary/aromatic N) is 2. The van der Waals surface area contributed by atoms with E-state index < -0.39 is 38.8 Å². The zero-order valence-electron chi connectivity index (χ0n) is 17.9. The van der Waals surface area contributed by atoms with Gasteiger partial charge in [-0.3, -0.25) is 9.69 Å². The summed E-state index contributed by atoms with van der Waals surface area (Å²) in [7, 11) is -4.17. The first-order chi connectivity index (χ1) is 16.1. The van der Waals surface area contributed by atoms with E-state index in [1.807, 2.05) is 0 Å². The van der Waals surface area contributed by atoms with Gasteiger partial charge in [0.25, 0.3) is 5.91 Å². The van der Waals surface area contributed by atoms with E-state index in [9.17, 15) is 31.2 Å². The Morgan fingerprint density at radius 2 is 1.74 bits per heavy atom. The molecule has 2 aromatic rings. The van der Waals surface area contributed by atoms with Gasteiger partial charge < -0.3 is 9.64 Å². The van der Waals surface area contributed by atoms with Crippen molar-refractivity contribution in [3.8, 4) is 0 Å². The van der Waals surface area contributed by atoms with Crippen molar-refractivity contribution in [2.24, 2.45) is 0 Å². The van der Waals surface area contributed by atoms with Gasteiger partial charge in [-0.25, -0.2) is 17.9 Å². The van der Waals surface area contributed by atoms with Crippen molar-refractivity contribution in [2.45, 2.75) is 30.0 Å². The van der Waals surface area contributed by atoms with Crippen LogP contribution in [0.5, 0.6) is 0 Å².